The van der Waals surface area contributed by atoms with Gasteiger partial charge in [0.2, 0.25) is 0 Å². The van der Waals surface area contributed by atoms with Crippen LogP contribution in [0.5, 0.6) is 11.5 Å². The average molecular weight is 442 g/mol. The standard InChI is InChI=1S/C23H27NO4.C2H4O2/c1-5-24(6-2)14-27-23(26)16(4)17-8-10-22-19(12-17)20(25)13-18-11-15(3)7-9-21(18)28-22;1-2(3)4/h7-12,16H,5-6,13-14H2,1-4H3;1H3,(H,3,4). The van der Waals surface area contributed by atoms with E-state index < -0.39 is 11.9 Å². The number of carbonyl (C=O) groups excluding carboxylic acids is 2. The van der Waals surface area contributed by atoms with Crippen LogP contribution in [-0.2, 0) is 20.7 Å². The Morgan fingerprint density at radius 2 is 1.75 bits per heavy atom. The molecule has 0 fully saturated rings. The molecule has 0 saturated heterocycles. The summed E-state index contributed by atoms with van der Waals surface area (Å²) in [6, 6.07) is 11.2. The van der Waals surface area contributed by atoms with Gasteiger partial charge in [-0.05, 0) is 50.7 Å². The van der Waals surface area contributed by atoms with E-state index in [0.29, 0.717) is 17.1 Å². The summed E-state index contributed by atoms with van der Waals surface area (Å²) in [7, 11) is 0. The number of nitrogens with zero attached hydrogens (tertiary/aromatic N) is 1. The predicted octanol–water partition coefficient (Wildman–Crippen LogP) is 4.56. The van der Waals surface area contributed by atoms with Gasteiger partial charge in [0.1, 0.15) is 18.2 Å². The molecule has 0 bridgehead atoms. The normalized spacial score (nSPS) is 13.0. The first kappa shape index (κ1) is 25.1. The van der Waals surface area contributed by atoms with Gasteiger partial charge in [-0.2, -0.15) is 0 Å². The van der Waals surface area contributed by atoms with E-state index in [0.717, 1.165) is 36.7 Å². The Morgan fingerprint density at radius 1 is 1.12 bits per heavy atom. The topological polar surface area (TPSA) is 93.1 Å². The minimum absolute atomic E-state index is 0.00934. The monoisotopic (exact) mass is 441 g/mol. The molecule has 0 saturated carbocycles. The number of fused-ring (bicyclic) bond motifs is 2. The summed E-state index contributed by atoms with van der Waals surface area (Å²) in [5.74, 6) is -0.364. The zero-order valence-electron chi connectivity index (χ0n) is 19.3. The van der Waals surface area contributed by atoms with E-state index in [2.05, 4.69) is 0 Å². The summed E-state index contributed by atoms with van der Waals surface area (Å²) in [6.45, 7) is 10.8. The SMILES string of the molecule is CC(=O)O.CCN(CC)COC(=O)C(C)c1ccc2c(c1)C(=O)Cc1cc(C)ccc1O2. The molecule has 0 radical (unpaired) electrons. The van der Waals surface area contributed by atoms with Gasteiger partial charge in [0, 0.05) is 18.9 Å². The number of carbonyl (C=O) groups is 3. The van der Waals surface area contributed by atoms with Crippen molar-refractivity contribution in [2.24, 2.45) is 0 Å². The average Bonchev–Trinajstić information content (AvgIpc) is 2.88. The molecule has 0 amide bonds. The molecule has 0 aromatic heterocycles. The molecule has 1 N–H and O–H groups in total. The smallest absolute Gasteiger partial charge is 0.314 e. The molecule has 0 spiro atoms. The number of hydrogen-bond donors (Lipinski definition) is 1. The number of carboxylic acids is 1. The van der Waals surface area contributed by atoms with Crippen molar-refractivity contribution < 1.29 is 29.0 Å². The van der Waals surface area contributed by atoms with Gasteiger partial charge in [-0.15, -0.1) is 0 Å². The number of Topliss-reactive ketones (excluding diaryl/α,β-unsaturated/α-hetero) is 1. The lowest BCUT2D eigenvalue weighted by atomic mass is 9.95. The molecule has 1 aliphatic rings. The summed E-state index contributed by atoms with van der Waals surface area (Å²) < 4.78 is 11.4. The molecule has 1 atom stereocenters. The first-order valence-electron chi connectivity index (χ1n) is 10.7. The second kappa shape index (κ2) is 11.4. The second-order valence-electron chi connectivity index (χ2n) is 7.71. The zero-order chi connectivity index (χ0) is 23.8. The Labute approximate surface area is 188 Å². The maximum absolute atomic E-state index is 12.8. The van der Waals surface area contributed by atoms with E-state index in [1.54, 1.807) is 19.1 Å². The minimum atomic E-state index is -0.833. The van der Waals surface area contributed by atoms with Crippen LogP contribution in [0.1, 0.15) is 60.7 Å². The van der Waals surface area contributed by atoms with Crippen molar-refractivity contribution >= 4 is 17.7 Å². The summed E-state index contributed by atoms with van der Waals surface area (Å²) >= 11 is 0. The molecular formula is C25H31NO6. The summed E-state index contributed by atoms with van der Waals surface area (Å²) in [5.41, 5.74) is 3.23. The van der Waals surface area contributed by atoms with Crippen LogP contribution in [0.25, 0.3) is 0 Å². The fourth-order valence-corrected chi connectivity index (χ4v) is 3.28. The Morgan fingerprint density at radius 3 is 2.38 bits per heavy atom. The number of rotatable bonds is 6. The number of esters is 1. The van der Waals surface area contributed by atoms with Crippen molar-refractivity contribution in [3.63, 3.8) is 0 Å². The third kappa shape index (κ3) is 6.65. The van der Waals surface area contributed by atoms with Gasteiger partial charge in [-0.3, -0.25) is 19.3 Å². The molecule has 7 nitrogen and oxygen atoms in total. The molecule has 2 aromatic rings. The van der Waals surface area contributed by atoms with Gasteiger partial charge < -0.3 is 14.6 Å². The van der Waals surface area contributed by atoms with E-state index in [1.807, 2.05) is 49.9 Å². The number of carboxylic acid groups (broad SMARTS) is 1. The Hall–Kier alpha value is -3.19. The molecule has 7 heteroatoms. The van der Waals surface area contributed by atoms with Crippen LogP contribution in [-0.4, -0.2) is 47.5 Å². The van der Waals surface area contributed by atoms with Crippen LogP contribution >= 0.6 is 0 Å². The quantitative estimate of drug-likeness (QED) is 0.519. The number of ketones is 1. The van der Waals surface area contributed by atoms with Crippen LogP contribution in [0.15, 0.2) is 36.4 Å². The number of ether oxygens (including phenoxy) is 2. The Kier molecular flexibility index (Phi) is 8.96. The van der Waals surface area contributed by atoms with Crippen LogP contribution in [0.4, 0.5) is 0 Å². The third-order valence-corrected chi connectivity index (χ3v) is 5.23. The largest absolute Gasteiger partial charge is 0.481 e. The fourth-order valence-electron chi connectivity index (χ4n) is 3.28. The maximum atomic E-state index is 12.8. The molecule has 0 aliphatic carbocycles. The number of aliphatic carboxylic acids is 1. The highest BCUT2D eigenvalue weighted by Gasteiger charge is 2.24. The van der Waals surface area contributed by atoms with E-state index >= 15 is 0 Å². The lowest BCUT2D eigenvalue weighted by molar-refractivity contribution is -0.149. The molecule has 2 aromatic carbocycles. The van der Waals surface area contributed by atoms with Crippen molar-refractivity contribution in [1.82, 2.24) is 4.90 Å². The first-order valence-corrected chi connectivity index (χ1v) is 10.7. The van der Waals surface area contributed by atoms with Crippen molar-refractivity contribution in [2.75, 3.05) is 19.8 Å². The fraction of sp³-hybridized carbons (Fsp3) is 0.400. The van der Waals surface area contributed by atoms with Crippen molar-refractivity contribution in [1.29, 1.82) is 0 Å². The molecule has 3 rings (SSSR count). The van der Waals surface area contributed by atoms with Crippen molar-refractivity contribution in [3.05, 3.63) is 58.7 Å². The van der Waals surface area contributed by atoms with Crippen LogP contribution in [0.3, 0.4) is 0 Å². The van der Waals surface area contributed by atoms with Crippen molar-refractivity contribution in [3.8, 4) is 11.5 Å². The highest BCUT2D eigenvalue weighted by Crippen LogP contribution is 2.35. The van der Waals surface area contributed by atoms with E-state index in [9.17, 15) is 9.59 Å². The number of aryl methyl sites for hydroxylation is 1. The molecule has 1 heterocycles. The second-order valence-corrected chi connectivity index (χ2v) is 7.71. The van der Waals surface area contributed by atoms with E-state index in [4.69, 9.17) is 19.4 Å². The maximum Gasteiger partial charge on any atom is 0.314 e. The van der Waals surface area contributed by atoms with Crippen LogP contribution in [0, 0.1) is 6.92 Å². The Balaban J connectivity index is 0.000000837. The summed E-state index contributed by atoms with van der Waals surface area (Å²) in [4.78, 5) is 36.3. The predicted molar refractivity (Wildman–Crippen MR) is 121 cm³/mol. The lowest BCUT2D eigenvalue weighted by Crippen LogP contribution is -2.28. The van der Waals surface area contributed by atoms with E-state index in [1.165, 1.54) is 0 Å². The van der Waals surface area contributed by atoms with Gasteiger partial charge in [0.05, 0.1) is 11.5 Å². The van der Waals surface area contributed by atoms with Gasteiger partial charge in [-0.1, -0.05) is 37.6 Å². The molecule has 1 aliphatic heterocycles. The van der Waals surface area contributed by atoms with Gasteiger partial charge in [0.15, 0.2) is 5.78 Å². The molecule has 172 valence electrons. The minimum Gasteiger partial charge on any atom is -0.481 e. The summed E-state index contributed by atoms with van der Waals surface area (Å²) in [6.07, 6.45) is 0.286. The molecule has 32 heavy (non-hydrogen) atoms. The Bertz CT molecular complexity index is 976. The molecular weight excluding hydrogens is 410 g/mol. The highest BCUT2D eigenvalue weighted by atomic mass is 16.5. The number of hydrogen-bond acceptors (Lipinski definition) is 6. The van der Waals surface area contributed by atoms with E-state index in [-0.39, 0.29) is 24.9 Å². The third-order valence-electron chi connectivity index (χ3n) is 5.23. The zero-order valence-corrected chi connectivity index (χ0v) is 19.3. The van der Waals surface area contributed by atoms with Gasteiger partial charge >= 0.3 is 5.97 Å². The first-order chi connectivity index (χ1) is 15.2. The van der Waals surface area contributed by atoms with Gasteiger partial charge in [-0.25, -0.2) is 0 Å². The molecule has 1 unspecified atom stereocenters. The van der Waals surface area contributed by atoms with Crippen LogP contribution < -0.4 is 4.74 Å². The highest BCUT2D eigenvalue weighted by molar-refractivity contribution is 6.01. The lowest BCUT2D eigenvalue weighted by Gasteiger charge is -2.20. The van der Waals surface area contributed by atoms with Crippen molar-refractivity contribution in [2.45, 2.75) is 47.0 Å². The number of benzene rings is 2. The van der Waals surface area contributed by atoms with Crippen LogP contribution in [0.2, 0.25) is 0 Å². The van der Waals surface area contributed by atoms with Gasteiger partial charge in [0.25, 0.3) is 5.97 Å². The summed E-state index contributed by atoms with van der Waals surface area (Å²) in [5, 5.41) is 7.42.